The maximum atomic E-state index is 8.46. The Bertz CT molecular complexity index is 348. The molecule has 0 radical (unpaired) electrons. The highest BCUT2D eigenvalue weighted by Crippen LogP contribution is 2.08. The lowest BCUT2D eigenvalue weighted by atomic mass is 10.1. The Morgan fingerprint density at radius 2 is 2.21 bits per heavy atom. The van der Waals surface area contributed by atoms with Crippen molar-refractivity contribution in [1.29, 1.82) is 5.26 Å². The van der Waals surface area contributed by atoms with Gasteiger partial charge in [-0.2, -0.15) is 5.26 Å². The smallest absolute Gasteiger partial charge is 0.0635 e. The summed E-state index contributed by atoms with van der Waals surface area (Å²) in [7, 11) is 0. The third kappa shape index (κ3) is 3.40. The second-order valence-corrected chi connectivity index (χ2v) is 3.08. The van der Waals surface area contributed by atoms with Crippen molar-refractivity contribution in [3.05, 3.63) is 35.4 Å². The molecule has 0 N–H and O–H groups in total. The molecule has 72 valence electrons. The van der Waals surface area contributed by atoms with Gasteiger partial charge in [-0.25, -0.2) is 0 Å². The van der Waals surface area contributed by atoms with Crippen LogP contribution in [0.15, 0.2) is 29.3 Å². The van der Waals surface area contributed by atoms with Crippen molar-refractivity contribution in [1.82, 2.24) is 0 Å². The fourth-order valence-corrected chi connectivity index (χ4v) is 1.28. The van der Waals surface area contributed by atoms with Crippen molar-refractivity contribution in [2.45, 2.75) is 26.3 Å². The molecule has 0 saturated heterocycles. The number of hydrogen-bond acceptors (Lipinski definition) is 2. The van der Waals surface area contributed by atoms with E-state index in [2.05, 4.69) is 29.3 Å². The summed E-state index contributed by atoms with van der Waals surface area (Å²) in [6, 6.07) is 10.4. The van der Waals surface area contributed by atoms with Gasteiger partial charge in [0.05, 0.1) is 12.6 Å². The standard InChI is InChI=1S/C12H14N2/c1-2-14-10-12-6-3-5-11(9-12)7-4-8-13/h2-3,5-6,9H,4,7,10H2,1H3. The monoisotopic (exact) mass is 186 g/mol. The van der Waals surface area contributed by atoms with Crippen LogP contribution in [0.1, 0.15) is 24.5 Å². The lowest BCUT2D eigenvalue weighted by molar-refractivity contribution is 0.993. The number of hydrogen-bond donors (Lipinski definition) is 0. The first-order valence-corrected chi connectivity index (χ1v) is 4.76. The van der Waals surface area contributed by atoms with E-state index >= 15 is 0 Å². The van der Waals surface area contributed by atoms with E-state index < -0.39 is 0 Å². The molecule has 0 saturated carbocycles. The van der Waals surface area contributed by atoms with E-state index in [1.807, 2.05) is 19.2 Å². The Labute approximate surface area is 84.9 Å². The zero-order valence-electron chi connectivity index (χ0n) is 8.40. The molecule has 0 spiro atoms. The number of benzene rings is 1. The van der Waals surface area contributed by atoms with E-state index in [-0.39, 0.29) is 0 Å². The van der Waals surface area contributed by atoms with Crippen molar-refractivity contribution in [2.75, 3.05) is 0 Å². The molecule has 0 amide bonds. The van der Waals surface area contributed by atoms with Crippen molar-refractivity contribution >= 4 is 6.21 Å². The first-order valence-electron chi connectivity index (χ1n) is 4.76. The highest BCUT2D eigenvalue weighted by molar-refractivity contribution is 5.53. The summed E-state index contributed by atoms with van der Waals surface area (Å²) in [5.74, 6) is 0. The maximum Gasteiger partial charge on any atom is 0.0635 e. The third-order valence-corrected chi connectivity index (χ3v) is 1.97. The first-order chi connectivity index (χ1) is 6.86. The van der Waals surface area contributed by atoms with Crippen LogP contribution in [-0.4, -0.2) is 6.21 Å². The molecule has 1 aromatic rings. The van der Waals surface area contributed by atoms with Crippen LogP contribution in [0.3, 0.4) is 0 Å². The normalized spacial score (nSPS) is 10.3. The average Bonchev–Trinajstić information content (AvgIpc) is 2.24. The zero-order chi connectivity index (χ0) is 10.2. The van der Waals surface area contributed by atoms with Crippen LogP contribution < -0.4 is 0 Å². The van der Waals surface area contributed by atoms with Crippen LogP contribution in [0.2, 0.25) is 0 Å². The minimum atomic E-state index is 0.584. The number of nitriles is 1. The predicted molar refractivity (Wildman–Crippen MR) is 58.2 cm³/mol. The van der Waals surface area contributed by atoms with Gasteiger partial charge in [-0.1, -0.05) is 24.3 Å². The van der Waals surface area contributed by atoms with Crippen LogP contribution >= 0.6 is 0 Å². The molecule has 2 heteroatoms. The summed E-state index contributed by atoms with van der Waals surface area (Å²) in [4.78, 5) is 4.17. The highest BCUT2D eigenvalue weighted by atomic mass is 14.7. The molecule has 0 aliphatic rings. The molecule has 0 fully saturated rings. The van der Waals surface area contributed by atoms with Crippen LogP contribution in [0.4, 0.5) is 0 Å². The van der Waals surface area contributed by atoms with E-state index in [1.54, 1.807) is 0 Å². The lowest BCUT2D eigenvalue weighted by Crippen LogP contribution is -1.87. The van der Waals surface area contributed by atoms with Gasteiger partial charge < -0.3 is 0 Å². The van der Waals surface area contributed by atoms with Gasteiger partial charge in [-0.05, 0) is 30.7 Å². The summed E-state index contributed by atoms with van der Waals surface area (Å²) >= 11 is 0. The first kappa shape index (κ1) is 10.5. The molecular weight excluding hydrogens is 172 g/mol. The van der Waals surface area contributed by atoms with Crippen molar-refractivity contribution in [2.24, 2.45) is 4.99 Å². The third-order valence-electron chi connectivity index (χ3n) is 1.97. The molecule has 0 bridgehead atoms. The van der Waals surface area contributed by atoms with Gasteiger partial charge in [0.1, 0.15) is 0 Å². The minimum Gasteiger partial charge on any atom is -0.293 e. The summed E-state index contributed by atoms with van der Waals surface area (Å²) < 4.78 is 0. The molecule has 14 heavy (non-hydrogen) atoms. The van der Waals surface area contributed by atoms with Gasteiger partial charge in [-0.3, -0.25) is 4.99 Å². The van der Waals surface area contributed by atoms with Crippen LogP contribution in [0.25, 0.3) is 0 Å². The molecule has 0 aliphatic carbocycles. The minimum absolute atomic E-state index is 0.584. The van der Waals surface area contributed by atoms with Gasteiger partial charge in [0.25, 0.3) is 0 Å². The Morgan fingerprint density at radius 1 is 1.43 bits per heavy atom. The van der Waals surface area contributed by atoms with Crippen LogP contribution in [0, 0.1) is 11.3 Å². The Morgan fingerprint density at radius 3 is 2.93 bits per heavy atom. The zero-order valence-corrected chi connectivity index (χ0v) is 8.40. The number of aliphatic imine (C=N–C) groups is 1. The molecule has 0 heterocycles. The average molecular weight is 186 g/mol. The van der Waals surface area contributed by atoms with Crippen LogP contribution in [0.5, 0.6) is 0 Å². The summed E-state index contributed by atoms with van der Waals surface area (Å²) in [5, 5.41) is 8.46. The molecule has 0 aromatic heterocycles. The van der Waals surface area contributed by atoms with E-state index in [9.17, 15) is 0 Å². The molecular formula is C12H14N2. The van der Waals surface area contributed by atoms with Gasteiger partial charge >= 0.3 is 0 Å². The quantitative estimate of drug-likeness (QED) is 0.666. The molecule has 0 aliphatic heterocycles. The van der Waals surface area contributed by atoms with E-state index in [0.717, 1.165) is 13.0 Å². The Kier molecular flexibility index (Phi) is 4.43. The number of nitrogens with zero attached hydrogens (tertiary/aromatic N) is 2. The summed E-state index contributed by atoms with van der Waals surface area (Å²) in [6.45, 7) is 2.65. The number of rotatable bonds is 4. The van der Waals surface area contributed by atoms with Crippen molar-refractivity contribution < 1.29 is 0 Å². The highest BCUT2D eigenvalue weighted by Gasteiger charge is 1.94. The summed E-state index contributed by atoms with van der Waals surface area (Å²) in [5.41, 5.74) is 2.42. The SMILES string of the molecule is CC=NCc1cccc(CCC#N)c1. The molecule has 1 aromatic carbocycles. The van der Waals surface area contributed by atoms with E-state index in [1.165, 1.54) is 11.1 Å². The second kappa shape index (κ2) is 5.93. The summed E-state index contributed by atoms with van der Waals surface area (Å²) in [6.07, 6.45) is 3.22. The van der Waals surface area contributed by atoms with Crippen molar-refractivity contribution in [3.63, 3.8) is 0 Å². The lowest BCUT2D eigenvalue weighted by Gasteiger charge is -2.00. The fourth-order valence-electron chi connectivity index (χ4n) is 1.28. The van der Waals surface area contributed by atoms with Gasteiger partial charge in [-0.15, -0.1) is 0 Å². The molecule has 0 unspecified atom stereocenters. The fraction of sp³-hybridized carbons (Fsp3) is 0.333. The second-order valence-electron chi connectivity index (χ2n) is 3.08. The largest absolute Gasteiger partial charge is 0.293 e. The molecule has 2 nitrogen and oxygen atoms in total. The van der Waals surface area contributed by atoms with Gasteiger partial charge in [0.15, 0.2) is 0 Å². The van der Waals surface area contributed by atoms with Gasteiger partial charge in [0.2, 0.25) is 0 Å². The molecule has 0 atom stereocenters. The molecule has 1 rings (SSSR count). The topological polar surface area (TPSA) is 36.1 Å². The van der Waals surface area contributed by atoms with Crippen LogP contribution in [-0.2, 0) is 13.0 Å². The van der Waals surface area contributed by atoms with E-state index in [0.29, 0.717) is 6.42 Å². The van der Waals surface area contributed by atoms with Gasteiger partial charge in [0, 0.05) is 6.42 Å². The number of aryl methyl sites for hydroxylation is 1. The Hall–Kier alpha value is -1.62. The van der Waals surface area contributed by atoms with E-state index in [4.69, 9.17) is 5.26 Å². The Balaban J connectivity index is 2.64. The predicted octanol–water partition coefficient (Wildman–Crippen LogP) is 2.73. The van der Waals surface area contributed by atoms with Crippen molar-refractivity contribution in [3.8, 4) is 6.07 Å². The maximum absolute atomic E-state index is 8.46.